The van der Waals surface area contributed by atoms with Crippen LogP contribution in [0.4, 0.5) is 11.4 Å². The van der Waals surface area contributed by atoms with Gasteiger partial charge < -0.3 is 53.4 Å². The molecule has 0 bridgehead atoms. The largest absolute Gasteiger partial charge is 0.492 e. The number of benzene rings is 3. The van der Waals surface area contributed by atoms with Gasteiger partial charge in [-0.3, -0.25) is 43.7 Å². The van der Waals surface area contributed by atoms with Crippen molar-refractivity contribution in [2.75, 3.05) is 123 Å². The fourth-order valence-electron chi connectivity index (χ4n) is 13.7. The molecule has 1 spiro atoms. The van der Waals surface area contributed by atoms with Crippen molar-refractivity contribution in [3.05, 3.63) is 93.5 Å². The van der Waals surface area contributed by atoms with E-state index in [1.54, 1.807) is 83.1 Å². The van der Waals surface area contributed by atoms with Crippen molar-refractivity contribution in [3.8, 4) is 17.2 Å². The number of nitro groups is 1. The van der Waals surface area contributed by atoms with E-state index in [0.717, 1.165) is 165 Å². The van der Waals surface area contributed by atoms with Gasteiger partial charge in [0.2, 0.25) is 17.5 Å². The quantitative estimate of drug-likeness (QED) is 0.0133. The highest BCUT2D eigenvalue weighted by atomic mass is 32.2. The number of ether oxygens (including phenoxy) is 8. The van der Waals surface area contributed by atoms with E-state index in [1.807, 2.05) is 30.4 Å². The van der Waals surface area contributed by atoms with Crippen LogP contribution < -0.4 is 29.7 Å². The molecule has 2 N–H and O–H groups in total. The molecule has 0 aromatic heterocycles. The van der Waals surface area contributed by atoms with Gasteiger partial charge in [0.15, 0.2) is 5.78 Å². The maximum absolute atomic E-state index is 15.2. The number of carbonyl (C=O) groups is 7. The Balaban J connectivity index is 1.37. The Hall–Kier alpha value is -5.80. The Kier molecular flexibility index (Phi) is 52.6. The third-order valence-electron chi connectivity index (χ3n) is 20.3. The Morgan fingerprint density at radius 1 is 0.522 bits per heavy atom. The second-order valence-corrected chi connectivity index (χ2v) is 36.5. The molecular formula is C89H138N4O17S5. The SMILES string of the molecule is CCCCCCCC(=O)OCCSCC(COc1cc(OCC(CSCCOC(=O)CCCCCCC)SCCOC(=O)CCCCCCC)cc(C(=O)CC(CCCCNC(=O)CCN2c3ccccc3C(C)(C)C23C=Cc2cc([N+](=O)[O-])ccc2O3)C(=O)NCCSCCCOCCC)c1)SCCOC(=O)CCCCCCC. The topological polar surface area (TPSA) is 264 Å². The number of non-ortho nitro benzene ring substituents is 1. The molecule has 3 aromatic rings. The summed E-state index contributed by atoms with van der Waals surface area (Å²) >= 11 is 8.25. The first kappa shape index (κ1) is 99.8. The van der Waals surface area contributed by atoms with E-state index in [1.165, 1.54) is 12.1 Å². The van der Waals surface area contributed by atoms with Gasteiger partial charge in [0.25, 0.3) is 5.69 Å². The van der Waals surface area contributed by atoms with E-state index in [-0.39, 0.29) is 110 Å². The lowest BCUT2D eigenvalue weighted by molar-refractivity contribution is -0.384. The predicted molar refractivity (Wildman–Crippen MR) is 474 cm³/mol. The summed E-state index contributed by atoms with van der Waals surface area (Å²) in [6.45, 7) is 18.8. The van der Waals surface area contributed by atoms with Crippen LogP contribution in [-0.2, 0) is 57.9 Å². The van der Waals surface area contributed by atoms with Gasteiger partial charge in [0.1, 0.15) is 56.9 Å². The molecule has 0 saturated heterocycles. The highest BCUT2D eigenvalue weighted by molar-refractivity contribution is 8.03. The van der Waals surface area contributed by atoms with Crippen molar-refractivity contribution >= 4 is 118 Å². The predicted octanol–water partition coefficient (Wildman–Crippen LogP) is 19.8. The third kappa shape index (κ3) is 40.2. The van der Waals surface area contributed by atoms with E-state index in [0.29, 0.717) is 140 Å². The maximum Gasteiger partial charge on any atom is 0.305 e. The van der Waals surface area contributed by atoms with Crippen molar-refractivity contribution in [3.63, 3.8) is 0 Å². The minimum Gasteiger partial charge on any atom is -0.492 e. The molecule has 5 rings (SSSR count). The molecule has 2 amide bonds. The molecule has 0 saturated carbocycles. The van der Waals surface area contributed by atoms with Crippen LogP contribution >= 0.6 is 58.8 Å². The number of fused-ring (bicyclic) bond motifs is 2. The van der Waals surface area contributed by atoms with Crippen molar-refractivity contribution in [1.29, 1.82) is 0 Å². The number of unbranched alkanes of at least 4 members (excludes halogenated alkanes) is 17. The van der Waals surface area contributed by atoms with E-state index in [2.05, 4.69) is 70.1 Å². The number of ketones is 1. The minimum atomic E-state index is -1.04. The molecule has 3 aromatic carbocycles. The molecule has 4 atom stereocenters. The number of nitro benzene ring substituents is 1. The molecule has 2 heterocycles. The summed E-state index contributed by atoms with van der Waals surface area (Å²) in [6.07, 6.45) is 29.3. The average molecular weight is 1700 g/mol. The van der Waals surface area contributed by atoms with E-state index in [9.17, 15) is 38.9 Å². The number of hydrogen-bond acceptors (Lipinski definition) is 23. The van der Waals surface area contributed by atoms with Gasteiger partial charge in [-0.15, -0.1) is 0 Å². The number of Topliss-reactive ketones (excluding diaryl/α,β-unsaturated/α-hetero) is 1. The lowest BCUT2D eigenvalue weighted by Crippen LogP contribution is -2.60. The van der Waals surface area contributed by atoms with Crippen molar-refractivity contribution in [2.45, 2.75) is 269 Å². The number of anilines is 1. The van der Waals surface area contributed by atoms with Gasteiger partial charge in [-0.2, -0.15) is 58.8 Å². The zero-order chi connectivity index (χ0) is 83.0. The van der Waals surface area contributed by atoms with Crippen LogP contribution in [0.25, 0.3) is 6.08 Å². The zero-order valence-electron chi connectivity index (χ0n) is 70.4. The first-order valence-electron chi connectivity index (χ1n) is 43.1. The highest BCUT2D eigenvalue weighted by Crippen LogP contribution is 2.55. The molecule has 2 aliphatic heterocycles. The highest BCUT2D eigenvalue weighted by Gasteiger charge is 2.59. The number of para-hydroxylation sites is 1. The van der Waals surface area contributed by atoms with E-state index >= 15 is 4.79 Å². The number of nitrogens with zero attached hydrogens (tertiary/aromatic N) is 2. The first-order chi connectivity index (χ1) is 55.9. The van der Waals surface area contributed by atoms with Crippen LogP contribution in [-0.4, -0.2) is 181 Å². The number of esters is 4. The number of carbonyl (C=O) groups excluding carboxylic acids is 7. The van der Waals surface area contributed by atoms with Crippen LogP contribution in [0.3, 0.4) is 0 Å². The van der Waals surface area contributed by atoms with E-state index < -0.39 is 22.0 Å². The molecule has 0 fully saturated rings. The fourth-order valence-corrected chi connectivity index (χ4v) is 18.6. The molecule has 26 heteroatoms. The normalized spacial score (nSPS) is 14.6. The van der Waals surface area contributed by atoms with Crippen molar-refractivity contribution in [1.82, 2.24) is 10.6 Å². The monoisotopic (exact) mass is 1690 g/mol. The molecular weight excluding hydrogens is 1560 g/mol. The van der Waals surface area contributed by atoms with Crippen LogP contribution in [0.2, 0.25) is 0 Å². The summed E-state index contributed by atoms with van der Waals surface area (Å²) in [7, 11) is 0. The summed E-state index contributed by atoms with van der Waals surface area (Å²) < 4.78 is 48.7. The Labute approximate surface area is 709 Å². The molecule has 115 heavy (non-hydrogen) atoms. The van der Waals surface area contributed by atoms with Crippen LogP contribution in [0.1, 0.15) is 269 Å². The van der Waals surface area contributed by atoms with Gasteiger partial charge in [0.05, 0.1) is 10.3 Å². The Bertz CT molecular complexity index is 3230. The van der Waals surface area contributed by atoms with Gasteiger partial charge in [-0.1, -0.05) is 162 Å². The summed E-state index contributed by atoms with van der Waals surface area (Å²) in [5, 5.41) is 17.7. The maximum atomic E-state index is 15.2. The van der Waals surface area contributed by atoms with Crippen LogP contribution in [0.15, 0.2) is 66.7 Å². The zero-order valence-corrected chi connectivity index (χ0v) is 74.5. The van der Waals surface area contributed by atoms with E-state index in [4.69, 9.17) is 37.9 Å². The Morgan fingerprint density at radius 2 is 1.04 bits per heavy atom. The van der Waals surface area contributed by atoms with Gasteiger partial charge in [0, 0.05) is 163 Å². The summed E-state index contributed by atoms with van der Waals surface area (Å²) in [4.78, 5) is 108. The third-order valence-corrected chi connectivity index (χ3v) is 26.3. The summed E-state index contributed by atoms with van der Waals surface area (Å²) in [5.41, 5.74) is 1.18. The molecule has 21 nitrogen and oxygen atoms in total. The smallest absolute Gasteiger partial charge is 0.305 e. The van der Waals surface area contributed by atoms with Gasteiger partial charge in [-0.25, -0.2) is 0 Å². The molecule has 4 unspecified atom stereocenters. The lowest BCUT2D eigenvalue weighted by atomic mass is 9.76. The minimum absolute atomic E-state index is 0.0371. The number of amides is 2. The van der Waals surface area contributed by atoms with Crippen molar-refractivity contribution < 1.29 is 76.4 Å². The lowest BCUT2D eigenvalue weighted by Gasteiger charge is -2.47. The van der Waals surface area contributed by atoms with Crippen molar-refractivity contribution in [2.24, 2.45) is 5.92 Å². The average Bonchev–Trinajstić information content (AvgIpc) is 1.54. The molecule has 0 radical (unpaired) electrons. The number of rotatable bonds is 70. The molecule has 646 valence electrons. The second kappa shape index (κ2) is 60.6. The first-order valence-corrected chi connectivity index (χ1v) is 48.6. The number of nitrogens with one attached hydrogen (secondary N) is 2. The second-order valence-electron chi connectivity index (χ2n) is 30.2. The number of hydrogen-bond donors (Lipinski definition) is 2. The van der Waals surface area contributed by atoms with Gasteiger partial charge in [-0.05, 0) is 113 Å². The molecule has 2 aliphatic rings. The fraction of sp³-hybridized carbons (Fsp3) is 0.697. The summed E-state index contributed by atoms with van der Waals surface area (Å²) in [6, 6.07) is 17.8. The number of thioether (sulfide) groups is 5. The van der Waals surface area contributed by atoms with Crippen LogP contribution in [0.5, 0.6) is 17.2 Å². The standard InChI is InChI=1S/C89H138N4O17S5/c1-8-13-17-21-25-37-83(96)104-51-57-112-68-76(114-59-53-106-85(98)39-27-23-19-15-10-3)66-108-74-62-72(63-75(65-74)109-67-77(115-60-54-107-86(99)40-28-24-20-16-11-4)69-113-58-52-105-84(97)38-26-22-18-14-9-2)80(94)64-71(87(100)91-47-56-111-55-33-50-103-49-12-5)34-31-32-46-90-82(95)44-48-92-79-36-30-29-35-78(79)88(6,7)89(92)45-43-70-61-73(93(101)102)41-42-81(70)110-89/h29-30,35-36,41-43,45,61-63,65,71,76-77H,8-28,31-34,37-40,44,46-60,64,66-69H2,1-7H3,(H,90,95)(H,91,100). The summed E-state index contributed by atoms with van der Waals surface area (Å²) in [5.74, 6) is 4.02. The van der Waals surface area contributed by atoms with Gasteiger partial charge >= 0.3 is 23.9 Å². The molecule has 0 aliphatic carbocycles. The van der Waals surface area contributed by atoms with Crippen LogP contribution in [0, 0.1) is 16.0 Å². The Morgan fingerprint density at radius 3 is 1.57 bits per heavy atom.